The number of amides is 1. The normalized spacial score (nSPS) is 11.7. The molecule has 0 heterocycles. The molecular formula is C15H24N2O3S. The average Bonchev–Trinajstić information content (AvgIpc) is 2.39. The van der Waals surface area contributed by atoms with Gasteiger partial charge in [-0.1, -0.05) is 19.9 Å². The molecular weight excluding hydrogens is 288 g/mol. The van der Waals surface area contributed by atoms with Crippen molar-refractivity contribution in [2.24, 2.45) is 5.92 Å². The van der Waals surface area contributed by atoms with Gasteiger partial charge in [-0.05, 0) is 49.4 Å². The molecule has 0 aliphatic heterocycles. The molecule has 0 saturated carbocycles. The Hall–Kier alpha value is -1.40. The Labute approximate surface area is 127 Å². The first-order valence-corrected chi connectivity index (χ1v) is 8.54. The number of carbonyl (C=O) groups is 1. The monoisotopic (exact) mass is 312 g/mol. The van der Waals surface area contributed by atoms with E-state index in [1.54, 1.807) is 18.2 Å². The molecule has 0 aliphatic rings. The summed E-state index contributed by atoms with van der Waals surface area (Å²) in [6.45, 7) is 8.21. The van der Waals surface area contributed by atoms with E-state index in [-0.39, 0.29) is 17.3 Å². The number of nitrogens with one attached hydrogen (secondary N) is 2. The molecule has 5 nitrogen and oxygen atoms in total. The van der Waals surface area contributed by atoms with Gasteiger partial charge in [0.05, 0.1) is 11.4 Å². The fourth-order valence-electron chi connectivity index (χ4n) is 1.69. The van der Waals surface area contributed by atoms with E-state index in [1.165, 1.54) is 0 Å². The van der Waals surface area contributed by atoms with E-state index < -0.39 is 10.0 Å². The third-order valence-electron chi connectivity index (χ3n) is 3.26. The van der Waals surface area contributed by atoms with Crippen molar-refractivity contribution in [1.29, 1.82) is 0 Å². The highest BCUT2D eigenvalue weighted by Gasteiger charge is 2.15. The summed E-state index contributed by atoms with van der Waals surface area (Å²) in [5.41, 5.74) is 1.93. The number of benzene rings is 1. The third kappa shape index (κ3) is 5.85. The van der Waals surface area contributed by atoms with Crippen molar-refractivity contribution < 1.29 is 13.2 Å². The average molecular weight is 312 g/mol. The SMILES string of the molecule is Cc1ccc(S(=O)(=O)NCC(=O)NCCC(C)C)cc1C. The van der Waals surface area contributed by atoms with Gasteiger partial charge in [0, 0.05) is 6.54 Å². The van der Waals surface area contributed by atoms with Gasteiger partial charge in [0.2, 0.25) is 15.9 Å². The third-order valence-corrected chi connectivity index (χ3v) is 4.65. The van der Waals surface area contributed by atoms with Gasteiger partial charge in [-0.3, -0.25) is 4.79 Å². The lowest BCUT2D eigenvalue weighted by atomic mass is 10.1. The molecule has 0 fully saturated rings. The van der Waals surface area contributed by atoms with Crippen LogP contribution in [-0.2, 0) is 14.8 Å². The predicted molar refractivity (Wildman–Crippen MR) is 83.6 cm³/mol. The van der Waals surface area contributed by atoms with Gasteiger partial charge in [-0.15, -0.1) is 0 Å². The largest absolute Gasteiger partial charge is 0.355 e. The summed E-state index contributed by atoms with van der Waals surface area (Å²) in [4.78, 5) is 11.8. The molecule has 0 bridgehead atoms. The van der Waals surface area contributed by atoms with Crippen LogP contribution in [0.25, 0.3) is 0 Å². The van der Waals surface area contributed by atoms with Crippen molar-refractivity contribution >= 4 is 15.9 Å². The summed E-state index contributed by atoms with van der Waals surface area (Å²) < 4.78 is 26.5. The molecule has 21 heavy (non-hydrogen) atoms. The van der Waals surface area contributed by atoms with Crippen LogP contribution in [0.1, 0.15) is 31.4 Å². The van der Waals surface area contributed by atoms with Crippen LogP contribution in [0.2, 0.25) is 0 Å². The first-order valence-electron chi connectivity index (χ1n) is 7.06. The van der Waals surface area contributed by atoms with Gasteiger partial charge in [0.15, 0.2) is 0 Å². The lowest BCUT2D eigenvalue weighted by Gasteiger charge is -2.10. The Kier molecular flexibility index (Phi) is 6.36. The van der Waals surface area contributed by atoms with Crippen LogP contribution >= 0.6 is 0 Å². The summed E-state index contributed by atoms with van der Waals surface area (Å²) >= 11 is 0. The van der Waals surface area contributed by atoms with Crippen LogP contribution in [0, 0.1) is 19.8 Å². The van der Waals surface area contributed by atoms with Gasteiger partial charge in [0.1, 0.15) is 0 Å². The highest BCUT2D eigenvalue weighted by Crippen LogP contribution is 2.14. The molecule has 1 aromatic rings. The van der Waals surface area contributed by atoms with Crippen LogP contribution in [0.3, 0.4) is 0 Å². The zero-order chi connectivity index (χ0) is 16.0. The molecule has 6 heteroatoms. The molecule has 0 spiro atoms. The van der Waals surface area contributed by atoms with Crippen LogP contribution in [0.5, 0.6) is 0 Å². The van der Waals surface area contributed by atoms with Crippen molar-refractivity contribution in [1.82, 2.24) is 10.0 Å². The molecule has 1 aromatic carbocycles. The molecule has 0 saturated heterocycles. The van der Waals surface area contributed by atoms with Crippen molar-refractivity contribution in [3.8, 4) is 0 Å². The Bertz CT molecular complexity index is 595. The van der Waals surface area contributed by atoms with Crippen LogP contribution in [0.15, 0.2) is 23.1 Å². The molecule has 0 radical (unpaired) electrons. The topological polar surface area (TPSA) is 75.3 Å². The van der Waals surface area contributed by atoms with Gasteiger partial charge in [-0.25, -0.2) is 13.1 Å². The molecule has 2 N–H and O–H groups in total. The van der Waals surface area contributed by atoms with Crippen molar-refractivity contribution in [2.75, 3.05) is 13.1 Å². The minimum atomic E-state index is -3.65. The van der Waals surface area contributed by atoms with Gasteiger partial charge < -0.3 is 5.32 Å². The molecule has 0 unspecified atom stereocenters. The van der Waals surface area contributed by atoms with E-state index in [1.807, 2.05) is 13.8 Å². The fraction of sp³-hybridized carbons (Fsp3) is 0.533. The van der Waals surface area contributed by atoms with Gasteiger partial charge in [0.25, 0.3) is 0 Å². The standard InChI is InChI=1S/C15H24N2O3S/c1-11(2)7-8-16-15(18)10-17-21(19,20)14-6-5-12(3)13(4)9-14/h5-6,9,11,17H,7-8,10H2,1-4H3,(H,16,18). The minimum Gasteiger partial charge on any atom is -0.355 e. The van der Waals surface area contributed by atoms with Crippen LogP contribution in [0.4, 0.5) is 0 Å². The fourth-order valence-corrected chi connectivity index (χ4v) is 2.75. The number of hydrogen-bond acceptors (Lipinski definition) is 3. The molecule has 118 valence electrons. The highest BCUT2D eigenvalue weighted by molar-refractivity contribution is 7.89. The van der Waals surface area contributed by atoms with Crippen molar-refractivity contribution in [2.45, 2.75) is 39.0 Å². The minimum absolute atomic E-state index is 0.181. The predicted octanol–water partition coefficient (Wildman–Crippen LogP) is 1.74. The van der Waals surface area contributed by atoms with E-state index in [2.05, 4.69) is 23.9 Å². The van der Waals surface area contributed by atoms with Gasteiger partial charge >= 0.3 is 0 Å². The second-order valence-corrected chi connectivity index (χ2v) is 7.37. The number of carbonyl (C=O) groups excluding carboxylic acids is 1. The number of hydrogen-bond donors (Lipinski definition) is 2. The molecule has 0 aromatic heterocycles. The van der Waals surface area contributed by atoms with E-state index in [0.717, 1.165) is 17.5 Å². The van der Waals surface area contributed by atoms with Crippen LogP contribution < -0.4 is 10.0 Å². The lowest BCUT2D eigenvalue weighted by molar-refractivity contribution is -0.119. The van der Waals surface area contributed by atoms with E-state index >= 15 is 0 Å². The Balaban J connectivity index is 2.56. The van der Waals surface area contributed by atoms with Crippen molar-refractivity contribution in [3.05, 3.63) is 29.3 Å². The first-order chi connectivity index (χ1) is 9.72. The van der Waals surface area contributed by atoms with E-state index in [4.69, 9.17) is 0 Å². The van der Waals surface area contributed by atoms with Gasteiger partial charge in [-0.2, -0.15) is 0 Å². The van der Waals surface area contributed by atoms with E-state index in [9.17, 15) is 13.2 Å². The smallest absolute Gasteiger partial charge is 0.241 e. The molecule has 1 amide bonds. The quantitative estimate of drug-likeness (QED) is 0.805. The second-order valence-electron chi connectivity index (χ2n) is 5.60. The maximum Gasteiger partial charge on any atom is 0.241 e. The summed E-state index contributed by atoms with van der Waals surface area (Å²) in [5.74, 6) is 0.181. The first kappa shape index (κ1) is 17.7. The summed E-state index contributed by atoms with van der Waals surface area (Å²) in [6.07, 6.45) is 0.871. The number of rotatable bonds is 7. The van der Waals surface area contributed by atoms with Crippen LogP contribution in [-0.4, -0.2) is 27.4 Å². The molecule has 1 rings (SSSR count). The summed E-state index contributed by atoms with van der Waals surface area (Å²) in [5, 5.41) is 2.69. The second kappa shape index (κ2) is 7.56. The zero-order valence-corrected chi connectivity index (χ0v) is 13.9. The Morgan fingerprint density at radius 3 is 2.43 bits per heavy atom. The Morgan fingerprint density at radius 1 is 1.19 bits per heavy atom. The molecule has 0 atom stereocenters. The maximum atomic E-state index is 12.1. The Morgan fingerprint density at radius 2 is 1.86 bits per heavy atom. The zero-order valence-electron chi connectivity index (χ0n) is 13.1. The summed E-state index contributed by atoms with van der Waals surface area (Å²) in [6, 6.07) is 4.91. The summed E-state index contributed by atoms with van der Waals surface area (Å²) in [7, 11) is -3.65. The number of aryl methyl sites for hydroxylation is 2. The molecule has 0 aliphatic carbocycles. The van der Waals surface area contributed by atoms with E-state index in [0.29, 0.717) is 12.5 Å². The number of sulfonamides is 1. The highest BCUT2D eigenvalue weighted by atomic mass is 32.2. The maximum absolute atomic E-state index is 12.1. The van der Waals surface area contributed by atoms with Crippen molar-refractivity contribution in [3.63, 3.8) is 0 Å². The lowest BCUT2D eigenvalue weighted by Crippen LogP contribution is -2.37.